The van der Waals surface area contributed by atoms with Crippen LogP contribution in [-0.4, -0.2) is 36.6 Å². The number of hydrogen-bond donors (Lipinski definition) is 0. The van der Waals surface area contributed by atoms with Crippen LogP contribution in [0.25, 0.3) is 121 Å². The summed E-state index contributed by atoms with van der Waals surface area (Å²) in [6.07, 6.45) is 0. The molecule has 2 aliphatic heterocycles. The molecule has 0 aromatic heterocycles. The molecule has 12 aromatic rings. The van der Waals surface area contributed by atoms with Crippen molar-refractivity contribution >= 4 is 79.0 Å². The molecule has 0 N–H and O–H groups in total. The van der Waals surface area contributed by atoms with Crippen LogP contribution in [0.5, 0.6) is 0 Å². The SMILES string of the molecule is CC1(C)OB(c2cccc(-c3cc(-c4ccccc4)c(-c4cccc(B5OC(C)(C)C(C)(C)O5)c4)c4c5cccc6c7c(-c8ccccc8)cc(-c8ccccc8)c(-c8ccccc8)c7c7cccc(c34)c7c65)c2)OC1(C)C. The average molecular weight is 1010 g/mol. The van der Waals surface area contributed by atoms with Crippen LogP contribution in [0.1, 0.15) is 55.4 Å². The molecule has 0 unspecified atom stereocenters. The van der Waals surface area contributed by atoms with Gasteiger partial charge in [-0.25, -0.2) is 0 Å². The molecular formula is C72H60B2O4. The number of hydrogen-bond acceptors (Lipinski definition) is 4. The van der Waals surface area contributed by atoms with Gasteiger partial charge < -0.3 is 18.6 Å². The summed E-state index contributed by atoms with van der Waals surface area (Å²) in [5.41, 5.74) is 13.9. The summed E-state index contributed by atoms with van der Waals surface area (Å²) in [6.45, 7) is 17.0. The van der Waals surface area contributed by atoms with Crippen molar-refractivity contribution in [3.05, 3.63) is 218 Å². The smallest absolute Gasteiger partial charge is 0.399 e. The lowest BCUT2D eigenvalue weighted by Crippen LogP contribution is -2.41. The van der Waals surface area contributed by atoms with Crippen molar-refractivity contribution in [2.75, 3.05) is 0 Å². The predicted octanol–water partition coefficient (Wildman–Crippen LogP) is 17.5. The van der Waals surface area contributed by atoms with Crippen molar-refractivity contribution < 1.29 is 18.6 Å². The molecule has 0 bridgehead atoms. The largest absolute Gasteiger partial charge is 0.494 e. The Labute approximate surface area is 458 Å². The maximum absolute atomic E-state index is 6.78. The lowest BCUT2D eigenvalue weighted by atomic mass is 9.74. The summed E-state index contributed by atoms with van der Waals surface area (Å²) in [6, 6.07) is 80.6. The quantitative estimate of drug-likeness (QED) is 0.0863. The molecule has 0 radical (unpaired) electrons. The van der Waals surface area contributed by atoms with E-state index in [1.165, 1.54) is 87.2 Å². The number of fused-ring (bicyclic) bond motifs is 6. The zero-order valence-corrected chi connectivity index (χ0v) is 45.6. The van der Waals surface area contributed by atoms with Crippen LogP contribution < -0.4 is 10.9 Å². The Kier molecular flexibility index (Phi) is 11.1. The third-order valence-electron chi connectivity index (χ3n) is 17.9. The zero-order valence-electron chi connectivity index (χ0n) is 45.6. The Bertz CT molecular complexity index is 4290. The first-order valence-electron chi connectivity index (χ1n) is 27.5. The standard InChI is InChI=1S/C72H60B2O4/c1-69(2)70(3,4)76-73(75-69)51-35-21-33-49(41-51)60-44-58(46-27-15-10-16-28-46)62(50-34-22-36-52(42-50)74-77-71(5,6)72(7,8)78-74)68-56-40-23-37-53-63(56)64-54(66(60)68)38-24-39-55(64)67-61(48-31-19-12-20-32-48)57(45-25-13-9-14-26-45)43-59(65(53)67)47-29-17-11-18-30-47/h9-44H,1-8H3. The number of rotatable bonds is 8. The van der Waals surface area contributed by atoms with Gasteiger partial charge in [-0.05, 0) is 199 Å². The van der Waals surface area contributed by atoms with Crippen LogP contribution in [-0.2, 0) is 18.6 Å². The normalized spacial score (nSPS) is 16.6. The molecular weight excluding hydrogens is 950 g/mol. The van der Waals surface area contributed by atoms with Crippen LogP contribution >= 0.6 is 0 Å². The van der Waals surface area contributed by atoms with Gasteiger partial charge in [0, 0.05) is 0 Å². The van der Waals surface area contributed by atoms with Gasteiger partial charge in [0.2, 0.25) is 0 Å². The lowest BCUT2D eigenvalue weighted by molar-refractivity contribution is 0.00578. The molecule has 78 heavy (non-hydrogen) atoms. The summed E-state index contributed by atoms with van der Waals surface area (Å²) in [4.78, 5) is 0. The maximum atomic E-state index is 6.78. The lowest BCUT2D eigenvalue weighted by Gasteiger charge is -2.32. The van der Waals surface area contributed by atoms with E-state index in [2.05, 4.69) is 274 Å². The van der Waals surface area contributed by atoms with E-state index in [9.17, 15) is 0 Å². The molecule has 378 valence electrons. The fraction of sp³-hybridized carbons (Fsp3) is 0.167. The molecule has 2 heterocycles. The van der Waals surface area contributed by atoms with Crippen molar-refractivity contribution in [1.82, 2.24) is 0 Å². The Hall–Kier alpha value is -7.83. The molecule has 2 aliphatic rings. The molecule has 0 spiro atoms. The van der Waals surface area contributed by atoms with E-state index in [0.717, 1.165) is 44.3 Å². The minimum Gasteiger partial charge on any atom is -0.399 e. The van der Waals surface area contributed by atoms with Gasteiger partial charge in [-0.2, -0.15) is 0 Å². The van der Waals surface area contributed by atoms with E-state index in [0.29, 0.717) is 0 Å². The van der Waals surface area contributed by atoms with Gasteiger partial charge in [0.1, 0.15) is 0 Å². The highest BCUT2D eigenvalue weighted by molar-refractivity contribution is 6.63. The molecule has 0 aliphatic carbocycles. The maximum Gasteiger partial charge on any atom is 0.494 e. The van der Waals surface area contributed by atoms with Gasteiger partial charge in [-0.1, -0.05) is 206 Å². The first-order chi connectivity index (χ1) is 37.7. The molecule has 2 fully saturated rings. The zero-order chi connectivity index (χ0) is 53.3. The Morgan fingerprint density at radius 2 is 0.538 bits per heavy atom. The van der Waals surface area contributed by atoms with Crippen molar-refractivity contribution in [3.63, 3.8) is 0 Å². The molecule has 12 aromatic carbocycles. The van der Waals surface area contributed by atoms with Gasteiger partial charge in [0.25, 0.3) is 0 Å². The van der Waals surface area contributed by atoms with Crippen molar-refractivity contribution in [2.45, 2.75) is 77.8 Å². The minimum absolute atomic E-state index is 0.496. The van der Waals surface area contributed by atoms with E-state index >= 15 is 0 Å². The van der Waals surface area contributed by atoms with Gasteiger partial charge in [0.05, 0.1) is 22.4 Å². The second kappa shape index (κ2) is 17.9. The Morgan fingerprint density at radius 1 is 0.244 bits per heavy atom. The van der Waals surface area contributed by atoms with Crippen molar-refractivity contribution in [1.29, 1.82) is 0 Å². The molecule has 0 amide bonds. The average Bonchev–Trinajstić information content (AvgIpc) is 3.93. The van der Waals surface area contributed by atoms with Gasteiger partial charge >= 0.3 is 14.2 Å². The van der Waals surface area contributed by atoms with E-state index in [1.54, 1.807) is 0 Å². The van der Waals surface area contributed by atoms with E-state index in [-0.39, 0.29) is 0 Å². The summed E-state index contributed by atoms with van der Waals surface area (Å²) in [5, 5.41) is 12.2. The Balaban J connectivity index is 1.19. The first-order valence-corrected chi connectivity index (χ1v) is 27.5. The van der Waals surface area contributed by atoms with E-state index in [1.807, 2.05) is 0 Å². The van der Waals surface area contributed by atoms with E-state index < -0.39 is 36.6 Å². The van der Waals surface area contributed by atoms with Crippen molar-refractivity contribution in [3.8, 4) is 66.8 Å². The summed E-state index contributed by atoms with van der Waals surface area (Å²) >= 11 is 0. The van der Waals surface area contributed by atoms with E-state index in [4.69, 9.17) is 18.6 Å². The van der Waals surface area contributed by atoms with Crippen LogP contribution in [0.3, 0.4) is 0 Å². The third kappa shape index (κ3) is 7.53. The summed E-state index contributed by atoms with van der Waals surface area (Å²) in [7, 11) is -1.07. The van der Waals surface area contributed by atoms with Gasteiger partial charge in [0.15, 0.2) is 0 Å². The summed E-state index contributed by atoms with van der Waals surface area (Å²) < 4.78 is 27.1. The fourth-order valence-electron chi connectivity index (χ4n) is 12.6. The molecule has 0 atom stereocenters. The Morgan fingerprint density at radius 3 is 0.949 bits per heavy atom. The monoisotopic (exact) mass is 1010 g/mol. The van der Waals surface area contributed by atoms with Gasteiger partial charge in [-0.3, -0.25) is 0 Å². The van der Waals surface area contributed by atoms with Crippen LogP contribution in [0.15, 0.2) is 218 Å². The topological polar surface area (TPSA) is 36.9 Å². The fourth-order valence-corrected chi connectivity index (χ4v) is 12.6. The second-order valence-corrected chi connectivity index (χ2v) is 23.5. The van der Waals surface area contributed by atoms with Crippen LogP contribution in [0.4, 0.5) is 0 Å². The van der Waals surface area contributed by atoms with Crippen molar-refractivity contribution in [2.24, 2.45) is 0 Å². The molecule has 2 saturated heterocycles. The minimum atomic E-state index is -0.539. The number of benzene rings is 12. The van der Waals surface area contributed by atoms with Gasteiger partial charge in [-0.15, -0.1) is 0 Å². The highest BCUT2D eigenvalue weighted by Crippen LogP contribution is 2.56. The third-order valence-corrected chi connectivity index (χ3v) is 17.9. The van der Waals surface area contributed by atoms with Crippen LogP contribution in [0, 0.1) is 0 Å². The summed E-state index contributed by atoms with van der Waals surface area (Å²) in [5.74, 6) is 0. The first kappa shape index (κ1) is 48.5. The second-order valence-electron chi connectivity index (χ2n) is 23.5. The molecule has 14 rings (SSSR count). The molecule has 0 saturated carbocycles. The van der Waals surface area contributed by atoms with Crippen LogP contribution in [0.2, 0.25) is 0 Å². The predicted molar refractivity (Wildman–Crippen MR) is 329 cm³/mol. The molecule has 4 nitrogen and oxygen atoms in total. The molecule has 6 heteroatoms. The highest BCUT2D eigenvalue weighted by Gasteiger charge is 2.53. The highest BCUT2D eigenvalue weighted by atomic mass is 16.7.